The van der Waals surface area contributed by atoms with Gasteiger partial charge in [-0.05, 0) is 17.7 Å². The summed E-state index contributed by atoms with van der Waals surface area (Å²) in [6.45, 7) is 1.22. The Morgan fingerprint density at radius 2 is 2.15 bits per heavy atom. The van der Waals surface area contributed by atoms with Crippen LogP contribution in [-0.4, -0.2) is 42.7 Å². The fourth-order valence-corrected chi connectivity index (χ4v) is 3.76. The summed E-state index contributed by atoms with van der Waals surface area (Å²) in [6, 6.07) is 0.818. The molecule has 140 valence electrons. The van der Waals surface area contributed by atoms with Crippen LogP contribution in [0.1, 0.15) is 18.9 Å². The van der Waals surface area contributed by atoms with Crippen LogP contribution in [0.15, 0.2) is 12.1 Å². The van der Waals surface area contributed by atoms with Crippen molar-refractivity contribution >= 4 is 35.0 Å². The van der Waals surface area contributed by atoms with Crippen molar-refractivity contribution in [3.63, 3.8) is 0 Å². The van der Waals surface area contributed by atoms with Crippen molar-refractivity contribution in [1.29, 1.82) is 0 Å². The Labute approximate surface area is 152 Å². The normalized spacial score (nSPS) is 20.0. The van der Waals surface area contributed by atoms with E-state index in [0.29, 0.717) is 23.5 Å². The van der Waals surface area contributed by atoms with Crippen molar-refractivity contribution in [2.75, 3.05) is 29.5 Å². The lowest BCUT2D eigenvalue weighted by atomic mass is 10.0. The highest BCUT2D eigenvalue weighted by Gasteiger charge is 2.36. The fraction of sp³-hybridized carbons (Fsp3) is 0.412. The first kappa shape index (κ1) is 18.6. The molecule has 2 amide bonds. The number of thioether (sulfide) groups is 1. The summed E-state index contributed by atoms with van der Waals surface area (Å²) in [7, 11) is 0. The van der Waals surface area contributed by atoms with Gasteiger partial charge in [-0.15, -0.1) is 0 Å². The molecule has 26 heavy (non-hydrogen) atoms. The van der Waals surface area contributed by atoms with Crippen LogP contribution in [0.25, 0.3) is 5.57 Å². The number of halogens is 3. The van der Waals surface area contributed by atoms with Crippen LogP contribution in [0.4, 0.5) is 23.7 Å². The van der Waals surface area contributed by atoms with Crippen molar-refractivity contribution in [2.24, 2.45) is 0 Å². The number of anilines is 1. The molecule has 0 bridgehead atoms. The van der Waals surface area contributed by atoms with Crippen molar-refractivity contribution in [1.82, 2.24) is 5.32 Å². The minimum absolute atomic E-state index is 0.0345. The number of hydrogen-bond donors (Lipinski definition) is 1. The number of amides is 2. The number of rotatable bonds is 4. The lowest BCUT2D eigenvalue weighted by molar-refractivity contribution is -0.119. The predicted octanol–water partition coefficient (Wildman–Crippen LogP) is 3.09. The van der Waals surface area contributed by atoms with Crippen molar-refractivity contribution < 1.29 is 27.5 Å². The van der Waals surface area contributed by atoms with E-state index in [4.69, 9.17) is 4.74 Å². The third kappa shape index (κ3) is 3.67. The Morgan fingerprint density at radius 3 is 2.81 bits per heavy atom. The third-order valence-corrected chi connectivity index (χ3v) is 5.06. The summed E-state index contributed by atoms with van der Waals surface area (Å²) in [5, 5.41) is 2.48. The van der Waals surface area contributed by atoms with E-state index in [9.17, 15) is 22.8 Å². The highest BCUT2D eigenvalue weighted by Crippen LogP contribution is 2.35. The first-order valence-corrected chi connectivity index (χ1v) is 9.21. The summed E-state index contributed by atoms with van der Waals surface area (Å²) in [6.07, 6.45) is 0.484. The molecule has 1 saturated heterocycles. The van der Waals surface area contributed by atoms with E-state index in [-0.39, 0.29) is 24.6 Å². The molecule has 5 nitrogen and oxygen atoms in total. The summed E-state index contributed by atoms with van der Waals surface area (Å²) >= 11 is 1.63. The van der Waals surface area contributed by atoms with E-state index in [0.717, 1.165) is 11.0 Å². The van der Waals surface area contributed by atoms with E-state index in [1.165, 1.54) is 6.92 Å². The van der Waals surface area contributed by atoms with Gasteiger partial charge in [0.25, 0.3) is 0 Å². The topological polar surface area (TPSA) is 58.6 Å². The number of carbonyl (C=O) groups is 2. The van der Waals surface area contributed by atoms with Gasteiger partial charge in [0.2, 0.25) is 5.91 Å². The molecule has 0 unspecified atom stereocenters. The molecule has 0 aromatic heterocycles. The molecule has 0 spiro atoms. The Bertz CT molecular complexity index is 785. The first-order chi connectivity index (χ1) is 12.4. The highest BCUT2D eigenvalue weighted by atomic mass is 32.2. The Balaban J connectivity index is 1.88. The third-order valence-electron chi connectivity index (χ3n) is 4.17. The molecule has 1 N–H and O–H groups in total. The second-order valence-corrected chi connectivity index (χ2v) is 7.14. The number of nitrogens with one attached hydrogen (secondary N) is 1. The molecule has 1 aromatic carbocycles. The smallest absolute Gasteiger partial charge is 0.414 e. The van der Waals surface area contributed by atoms with Crippen LogP contribution in [0.2, 0.25) is 0 Å². The van der Waals surface area contributed by atoms with Gasteiger partial charge in [0.05, 0.1) is 24.3 Å². The standard InChI is InChI=1S/C17H17F3N2O3S/c1-9(23)21-7-11-8-22(17(24)25-11)13-6-12(18)14(16(20)15(13)19)10-2-4-26-5-3-10/h2,6,11H,3-5,7-8H2,1H3,(H,21,23)/t11-/m0/s1. The molecule has 9 heteroatoms. The molecule has 2 aliphatic heterocycles. The summed E-state index contributed by atoms with van der Waals surface area (Å²) in [5.74, 6) is -2.52. The number of carbonyl (C=O) groups excluding carboxylic acids is 2. The molecule has 0 aliphatic carbocycles. The zero-order chi connectivity index (χ0) is 18.8. The minimum atomic E-state index is -1.31. The molecule has 3 rings (SSSR count). The van der Waals surface area contributed by atoms with Gasteiger partial charge < -0.3 is 10.1 Å². The Kier molecular flexibility index (Phi) is 5.45. The van der Waals surface area contributed by atoms with Gasteiger partial charge in [-0.25, -0.2) is 18.0 Å². The van der Waals surface area contributed by atoms with E-state index < -0.39 is 35.3 Å². The highest BCUT2D eigenvalue weighted by molar-refractivity contribution is 7.99. The van der Waals surface area contributed by atoms with Gasteiger partial charge in [0.1, 0.15) is 11.9 Å². The van der Waals surface area contributed by atoms with E-state index in [1.807, 2.05) is 0 Å². The molecule has 2 heterocycles. The van der Waals surface area contributed by atoms with Crippen LogP contribution >= 0.6 is 11.8 Å². The van der Waals surface area contributed by atoms with Gasteiger partial charge in [0, 0.05) is 18.7 Å². The maximum Gasteiger partial charge on any atom is 0.414 e. The number of hydrogen-bond acceptors (Lipinski definition) is 4. The van der Waals surface area contributed by atoms with Gasteiger partial charge in [0.15, 0.2) is 11.6 Å². The summed E-state index contributed by atoms with van der Waals surface area (Å²) in [4.78, 5) is 23.7. The maximum absolute atomic E-state index is 14.6. The average Bonchev–Trinajstić information content (AvgIpc) is 2.98. The Hall–Kier alpha value is -2.16. The zero-order valence-electron chi connectivity index (χ0n) is 14.0. The van der Waals surface area contributed by atoms with Crippen molar-refractivity contribution in [2.45, 2.75) is 19.4 Å². The molecule has 1 atom stereocenters. The number of ether oxygens (including phenoxy) is 1. The molecular weight excluding hydrogens is 369 g/mol. The molecule has 0 radical (unpaired) electrons. The van der Waals surface area contributed by atoms with Gasteiger partial charge in [-0.2, -0.15) is 11.8 Å². The maximum atomic E-state index is 14.6. The number of cyclic esters (lactones) is 1. The van der Waals surface area contributed by atoms with Crippen molar-refractivity contribution in [3.8, 4) is 0 Å². The van der Waals surface area contributed by atoms with Crippen LogP contribution in [0.5, 0.6) is 0 Å². The largest absolute Gasteiger partial charge is 0.442 e. The Morgan fingerprint density at radius 1 is 1.38 bits per heavy atom. The summed E-state index contributed by atoms with van der Waals surface area (Å²) in [5.41, 5.74) is -0.462. The molecule has 2 aliphatic rings. The van der Waals surface area contributed by atoms with E-state index in [2.05, 4.69) is 5.32 Å². The molecule has 0 saturated carbocycles. The lowest BCUT2D eigenvalue weighted by Crippen LogP contribution is -2.33. The van der Waals surface area contributed by atoms with E-state index >= 15 is 0 Å². The lowest BCUT2D eigenvalue weighted by Gasteiger charge is -2.19. The second-order valence-electron chi connectivity index (χ2n) is 5.99. The van der Waals surface area contributed by atoms with Crippen LogP contribution in [-0.2, 0) is 9.53 Å². The van der Waals surface area contributed by atoms with Gasteiger partial charge in [-0.3, -0.25) is 9.69 Å². The van der Waals surface area contributed by atoms with Gasteiger partial charge >= 0.3 is 6.09 Å². The SMILES string of the molecule is CC(=O)NC[C@H]1CN(c2cc(F)c(C3=CCSCC3)c(F)c2F)C(=O)O1. The first-order valence-electron chi connectivity index (χ1n) is 8.05. The van der Waals surface area contributed by atoms with Crippen molar-refractivity contribution in [3.05, 3.63) is 35.2 Å². The van der Waals surface area contributed by atoms with Crippen LogP contribution < -0.4 is 10.2 Å². The van der Waals surface area contributed by atoms with Crippen LogP contribution in [0, 0.1) is 17.5 Å². The predicted molar refractivity (Wildman–Crippen MR) is 92.5 cm³/mol. The second kappa shape index (κ2) is 7.61. The molecule has 1 aromatic rings. The number of nitrogens with zero attached hydrogens (tertiary/aromatic N) is 1. The molecular formula is C17H17F3N2O3S. The van der Waals surface area contributed by atoms with Crippen LogP contribution in [0.3, 0.4) is 0 Å². The number of benzene rings is 1. The molecule has 1 fully saturated rings. The number of allylic oxidation sites excluding steroid dienone is 1. The van der Waals surface area contributed by atoms with Gasteiger partial charge in [-0.1, -0.05) is 6.08 Å². The quantitative estimate of drug-likeness (QED) is 0.808. The fourth-order valence-electron chi connectivity index (χ4n) is 2.91. The monoisotopic (exact) mass is 386 g/mol. The summed E-state index contributed by atoms with van der Waals surface area (Å²) < 4.78 is 48.6. The average molecular weight is 386 g/mol. The minimum Gasteiger partial charge on any atom is -0.442 e. The zero-order valence-corrected chi connectivity index (χ0v) is 14.8. The van der Waals surface area contributed by atoms with E-state index in [1.54, 1.807) is 17.8 Å².